The Kier molecular flexibility index (Phi) is 6.33. The fourth-order valence-electron chi connectivity index (χ4n) is 3.36. The second-order valence-corrected chi connectivity index (χ2v) is 7.10. The summed E-state index contributed by atoms with van der Waals surface area (Å²) in [7, 11) is 0. The smallest absolute Gasteiger partial charge is 0.272 e. The summed E-state index contributed by atoms with van der Waals surface area (Å²) in [4.78, 5) is 22.0. The van der Waals surface area contributed by atoms with Crippen molar-refractivity contribution < 1.29 is 4.79 Å². The second kappa shape index (κ2) is 8.89. The van der Waals surface area contributed by atoms with Crippen LogP contribution in [0.2, 0.25) is 0 Å². The summed E-state index contributed by atoms with van der Waals surface area (Å²) in [5.74, 6) is 0.627. The molecule has 3 heterocycles. The molecule has 2 aromatic heterocycles. The van der Waals surface area contributed by atoms with Crippen LogP contribution in [0.15, 0.2) is 30.9 Å². The summed E-state index contributed by atoms with van der Waals surface area (Å²) < 4.78 is 1.70. The Balaban J connectivity index is 1.69. The highest BCUT2D eigenvalue weighted by molar-refractivity contribution is 5.92. The van der Waals surface area contributed by atoms with Gasteiger partial charge in [0.1, 0.15) is 24.2 Å². The third-order valence-corrected chi connectivity index (χ3v) is 4.88. The molecule has 0 bridgehead atoms. The van der Waals surface area contributed by atoms with E-state index in [0.29, 0.717) is 11.5 Å². The van der Waals surface area contributed by atoms with Crippen LogP contribution >= 0.6 is 0 Å². The number of nitrogens with zero attached hydrogens (tertiary/aromatic N) is 6. The van der Waals surface area contributed by atoms with E-state index < -0.39 is 0 Å². The Morgan fingerprint density at radius 1 is 1.12 bits per heavy atom. The van der Waals surface area contributed by atoms with Crippen molar-refractivity contribution in [3.8, 4) is 5.82 Å². The SMILES string of the molecule is CC(C)N(CCN1CCCCCC1)C(=O)c1cccc(-n2cnnc2)n1. The summed E-state index contributed by atoms with van der Waals surface area (Å²) in [6, 6.07) is 5.60. The Hall–Kier alpha value is -2.28. The van der Waals surface area contributed by atoms with Gasteiger partial charge in [-0.3, -0.25) is 9.36 Å². The molecule has 0 spiro atoms. The van der Waals surface area contributed by atoms with Gasteiger partial charge in [0.15, 0.2) is 0 Å². The number of amides is 1. The van der Waals surface area contributed by atoms with Crippen LogP contribution in [-0.2, 0) is 0 Å². The van der Waals surface area contributed by atoms with E-state index in [4.69, 9.17) is 0 Å². The standard InChI is InChI=1S/C19H28N6O/c1-16(2)25(13-12-23-10-5-3-4-6-11-23)19(26)17-8-7-9-18(22-17)24-14-20-21-15-24/h7-9,14-16H,3-6,10-13H2,1-2H3. The van der Waals surface area contributed by atoms with Crippen LogP contribution in [0.1, 0.15) is 50.0 Å². The maximum absolute atomic E-state index is 13.1. The summed E-state index contributed by atoms with van der Waals surface area (Å²) in [5, 5.41) is 7.59. The number of aromatic nitrogens is 4. The molecule has 0 N–H and O–H groups in total. The van der Waals surface area contributed by atoms with Crippen molar-refractivity contribution >= 4 is 5.91 Å². The third kappa shape index (κ3) is 4.66. The van der Waals surface area contributed by atoms with E-state index in [1.807, 2.05) is 17.0 Å². The van der Waals surface area contributed by atoms with Crippen LogP contribution in [0.3, 0.4) is 0 Å². The molecule has 3 rings (SSSR count). The molecule has 0 unspecified atom stereocenters. The maximum Gasteiger partial charge on any atom is 0.272 e. The molecule has 140 valence electrons. The summed E-state index contributed by atoms with van der Waals surface area (Å²) in [5.41, 5.74) is 0.459. The molecular weight excluding hydrogens is 328 g/mol. The minimum absolute atomic E-state index is 0.0234. The minimum atomic E-state index is -0.0234. The van der Waals surface area contributed by atoms with Crippen LogP contribution in [-0.4, -0.2) is 67.7 Å². The lowest BCUT2D eigenvalue weighted by Crippen LogP contribution is -2.43. The van der Waals surface area contributed by atoms with E-state index >= 15 is 0 Å². The highest BCUT2D eigenvalue weighted by atomic mass is 16.2. The van der Waals surface area contributed by atoms with Gasteiger partial charge in [-0.25, -0.2) is 4.98 Å². The first-order valence-corrected chi connectivity index (χ1v) is 9.50. The third-order valence-electron chi connectivity index (χ3n) is 4.88. The molecule has 1 fully saturated rings. The molecule has 0 atom stereocenters. The second-order valence-electron chi connectivity index (χ2n) is 7.10. The number of hydrogen-bond donors (Lipinski definition) is 0. The number of carbonyl (C=O) groups is 1. The predicted octanol–water partition coefficient (Wildman–Crippen LogP) is 2.39. The molecule has 7 heteroatoms. The Labute approximate surface area is 155 Å². The van der Waals surface area contributed by atoms with Gasteiger partial charge in [0.05, 0.1) is 0 Å². The van der Waals surface area contributed by atoms with Crippen molar-refractivity contribution in [1.29, 1.82) is 0 Å². The number of rotatable bonds is 6. The van der Waals surface area contributed by atoms with Gasteiger partial charge >= 0.3 is 0 Å². The molecule has 1 amide bonds. The van der Waals surface area contributed by atoms with Crippen molar-refractivity contribution in [2.45, 2.75) is 45.6 Å². The minimum Gasteiger partial charge on any atom is -0.334 e. The topological polar surface area (TPSA) is 67.2 Å². The zero-order valence-electron chi connectivity index (χ0n) is 15.7. The molecule has 1 saturated heterocycles. The zero-order chi connectivity index (χ0) is 18.4. The molecule has 7 nitrogen and oxygen atoms in total. The van der Waals surface area contributed by atoms with Gasteiger partial charge in [-0.2, -0.15) is 0 Å². The maximum atomic E-state index is 13.1. The summed E-state index contributed by atoms with van der Waals surface area (Å²) in [6.07, 6.45) is 8.33. The van der Waals surface area contributed by atoms with E-state index in [2.05, 4.69) is 33.9 Å². The molecule has 0 radical (unpaired) electrons. The number of likely N-dealkylation sites (tertiary alicyclic amines) is 1. The van der Waals surface area contributed by atoms with Gasteiger partial charge in [-0.1, -0.05) is 18.9 Å². The number of pyridine rings is 1. The fraction of sp³-hybridized carbons (Fsp3) is 0.579. The summed E-state index contributed by atoms with van der Waals surface area (Å²) >= 11 is 0. The van der Waals surface area contributed by atoms with E-state index in [1.165, 1.54) is 25.7 Å². The number of hydrogen-bond acceptors (Lipinski definition) is 5. The Morgan fingerprint density at radius 3 is 2.46 bits per heavy atom. The Bertz CT molecular complexity index is 692. The van der Waals surface area contributed by atoms with E-state index in [9.17, 15) is 4.79 Å². The van der Waals surface area contributed by atoms with Crippen molar-refractivity contribution in [1.82, 2.24) is 29.5 Å². The zero-order valence-corrected chi connectivity index (χ0v) is 15.7. The fourth-order valence-corrected chi connectivity index (χ4v) is 3.36. The first-order valence-electron chi connectivity index (χ1n) is 9.50. The van der Waals surface area contributed by atoms with Crippen LogP contribution in [0, 0.1) is 0 Å². The average molecular weight is 356 g/mol. The highest BCUT2D eigenvalue weighted by Gasteiger charge is 2.21. The molecule has 0 saturated carbocycles. The van der Waals surface area contributed by atoms with Gasteiger partial charge in [-0.15, -0.1) is 10.2 Å². The normalized spacial score (nSPS) is 15.8. The van der Waals surface area contributed by atoms with Gasteiger partial charge in [0, 0.05) is 19.1 Å². The van der Waals surface area contributed by atoms with Crippen LogP contribution in [0.25, 0.3) is 5.82 Å². The van der Waals surface area contributed by atoms with Crippen molar-refractivity contribution in [3.63, 3.8) is 0 Å². The average Bonchev–Trinajstić information content (AvgIpc) is 3.06. The van der Waals surface area contributed by atoms with Gasteiger partial charge in [0.25, 0.3) is 5.91 Å². The molecule has 0 aliphatic carbocycles. The van der Waals surface area contributed by atoms with Crippen LogP contribution in [0.5, 0.6) is 0 Å². The van der Waals surface area contributed by atoms with Gasteiger partial charge < -0.3 is 9.80 Å². The van der Waals surface area contributed by atoms with Crippen molar-refractivity contribution in [2.75, 3.05) is 26.2 Å². The lowest BCUT2D eigenvalue weighted by molar-refractivity contribution is 0.0676. The Morgan fingerprint density at radius 2 is 1.81 bits per heavy atom. The first-order chi connectivity index (χ1) is 12.6. The van der Waals surface area contributed by atoms with E-state index in [-0.39, 0.29) is 11.9 Å². The van der Waals surface area contributed by atoms with E-state index in [0.717, 1.165) is 26.2 Å². The van der Waals surface area contributed by atoms with E-state index in [1.54, 1.807) is 23.3 Å². The molecule has 26 heavy (non-hydrogen) atoms. The van der Waals surface area contributed by atoms with Crippen LogP contribution < -0.4 is 0 Å². The van der Waals surface area contributed by atoms with Gasteiger partial charge in [-0.05, 0) is 51.9 Å². The first kappa shape index (κ1) is 18.5. The molecule has 0 aromatic carbocycles. The van der Waals surface area contributed by atoms with Gasteiger partial charge in [0.2, 0.25) is 0 Å². The molecule has 1 aliphatic heterocycles. The summed E-state index contributed by atoms with van der Waals surface area (Å²) in [6.45, 7) is 8.06. The quantitative estimate of drug-likeness (QED) is 0.795. The van der Waals surface area contributed by atoms with Crippen LogP contribution in [0.4, 0.5) is 0 Å². The number of carbonyl (C=O) groups excluding carboxylic acids is 1. The molecule has 2 aromatic rings. The predicted molar refractivity (Wildman–Crippen MR) is 100 cm³/mol. The monoisotopic (exact) mass is 356 g/mol. The van der Waals surface area contributed by atoms with Crippen molar-refractivity contribution in [2.24, 2.45) is 0 Å². The lowest BCUT2D eigenvalue weighted by Gasteiger charge is -2.29. The highest BCUT2D eigenvalue weighted by Crippen LogP contribution is 2.12. The molecular formula is C19H28N6O. The largest absolute Gasteiger partial charge is 0.334 e. The van der Waals surface area contributed by atoms with Crippen molar-refractivity contribution in [3.05, 3.63) is 36.5 Å². The lowest BCUT2D eigenvalue weighted by atomic mass is 10.2. The molecule has 1 aliphatic rings.